The van der Waals surface area contributed by atoms with E-state index in [1.54, 1.807) is 24.4 Å². The first-order valence-electron chi connectivity index (χ1n) is 6.44. The minimum Gasteiger partial charge on any atom is -0.494 e. The fraction of sp³-hybridized carbons (Fsp3) is 0. The largest absolute Gasteiger partial charge is 0.494 e. The second kappa shape index (κ2) is 4.28. The molecule has 0 unspecified atom stereocenters. The molecule has 2 aromatic carbocycles. The van der Waals surface area contributed by atoms with Crippen molar-refractivity contribution in [1.82, 2.24) is 4.98 Å². The third-order valence-corrected chi connectivity index (χ3v) is 3.53. The van der Waals surface area contributed by atoms with Crippen molar-refractivity contribution in [3.05, 3.63) is 58.2 Å². The number of aromatic hydroxyl groups is 1. The van der Waals surface area contributed by atoms with E-state index < -0.39 is 0 Å². The van der Waals surface area contributed by atoms with Crippen LogP contribution in [0.1, 0.15) is 5.56 Å². The molecular weight excluding hydrogens is 269 g/mol. The summed E-state index contributed by atoms with van der Waals surface area (Å²) in [4.78, 5) is 2.67. The van der Waals surface area contributed by atoms with Crippen LogP contribution >= 0.6 is 0 Å². The molecule has 1 aromatic heterocycles. The summed E-state index contributed by atoms with van der Waals surface area (Å²) in [6.45, 7) is 0. The molecular formula is C16H10FN3O. The van der Waals surface area contributed by atoms with Crippen LogP contribution in [-0.2, 0) is 0 Å². The van der Waals surface area contributed by atoms with Crippen molar-refractivity contribution in [2.24, 2.45) is 10.2 Å². The highest BCUT2D eigenvalue weighted by molar-refractivity contribution is 5.92. The van der Waals surface area contributed by atoms with Gasteiger partial charge in [-0.3, -0.25) is 0 Å². The number of hydrogen-bond acceptors (Lipinski definition) is 3. The number of benzene rings is 2. The SMILES string of the molecule is Oc1[nH]c2c(F)cccc2c1/C=c1\ccc2c(c1)N=NC=2. The van der Waals surface area contributed by atoms with Crippen LogP contribution in [-0.4, -0.2) is 10.1 Å². The van der Waals surface area contributed by atoms with Gasteiger partial charge in [-0.25, -0.2) is 4.39 Å². The number of nitrogens with zero attached hydrogens (tertiary/aromatic N) is 2. The monoisotopic (exact) mass is 279 g/mol. The molecule has 0 atom stereocenters. The Morgan fingerprint density at radius 3 is 3.00 bits per heavy atom. The molecule has 0 spiro atoms. The van der Waals surface area contributed by atoms with E-state index in [-0.39, 0.29) is 11.7 Å². The van der Waals surface area contributed by atoms with Crippen molar-refractivity contribution in [3.8, 4) is 5.88 Å². The van der Waals surface area contributed by atoms with Gasteiger partial charge in [0.15, 0.2) is 5.88 Å². The number of aromatic amines is 1. The van der Waals surface area contributed by atoms with Gasteiger partial charge in [0.2, 0.25) is 0 Å². The van der Waals surface area contributed by atoms with Crippen LogP contribution in [0.15, 0.2) is 46.6 Å². The molecule has 21 heavy (non-hydrogen) atoms. The lowest BCUT2D eigenvalue weighted by atomic mass is 10.1. The van der Waals surface area contributed by atoms with E-state index in [4.69, 9.17) is 0 Å². The maximum Gasteiger partial charge on any atom is 0.196 e. The summed E-state index contributed by atoms with van der Waals surface area (Å²) in [5, 5.41) is 20.3. The smallest absolute Gasteiger partial charge is 0.196 e. The molecule has 1 aliphatic heterocycles. The number of hydrogen-bond donors (Lipinski definition) is 2. The minimum absolute atomic E-state index is 0.0520. The Balaban J connectivity index is 1.98. The van der Waals surface area contributed by atoms with E-state index in [0.29, 0.717) is 16.5 Å². The average molecular weight is 279 g/mol. The molecule has 0 saturated heterocycles. The van der Waals surface area contributed by atoms with Gasteiger partial charge >= 0.3 is 0 Å². The predicted octanol–water partition coefficient (Wildman–Crippen LogP) is 2.68. The Labute approximate surface area is 118 Å². The maximum atomic E-state index is 13.7. The number of nitrogens with one attached hydrogen (secondary N) is 1. The van der Waals surface area contributed by atoms with Crippen LogP contribution < -0.4 is 10.4 Å². The lowest BCUT2D eigenvalue weighted by Gasteiger charge is -1.94. The lowest BCUT2D eigenvalue weighted by molar-refractivity contribution is 0.456. The molecule has 1 aliphatic rings. The molecule has 3 aromatic rings. The van der Waals surface area contributed by atoms with Crippen molar-refractivity contribution in [3.63, 3.8) is 0 Å². The minimum atomic E-state index is -0.389. The van der Waals surface area contributed by atoms with Crippen LogP contribution in [0.4, 0.5) is 10.1 Å². The molecule has 4 rings (SSSR count). The fourth-order valence-corrected chi connectivity index (χ4v) is 2.50. The first-order chi connectivity index (χ1) is 10.2. The standard InChI is InChI=1S/C16H10FN3O/c17-13-3-1-2-11-12(16(21)19-15(11)13)6-9-4-5-10-8-18-20-14(10)7-9/h1-8,19,21H/b9-6+. The summed E-state index contributed by atoms with van der Waals surface area (Å²) in [7, 11) is 0. The molecule has 0 bridgehead atoms. The first kappa shape index (κ1) is 11.8. The van der Waals surface area contributed by atoms with E-state index in [1.807, 2.05) is 18.2 Å². The normalized spacial score (nSPS) is 13.7. The van der Waals surface area contributed by atoms with Gasteiger partial charge in [-0.1, -0.05) is 24.3 Å². The van der Waals surface area contributed by atoms with Gasteiger partial charge in [0.05, 0.1) is 17.4 Å². The number of para-hydroxylation sites is 1. The van der Waals surface area contributed by atoms with Crippen molar-refractivity contribution in [1.29, 1.82) is 0 Å². The maximum absolute atomic E-state index is 13.7. The first-order valence-corrected chi connectivity index (χ1v) is 6.44. The van der Waals surface area contributed by atoms with Crippen LogP contribution in [0.2, 0.25) is 0 Å². The average Bonchev–Trinajstić information content (AvgIpc) is 3.05. The number of halogens is 1. The fourth-order valence-electron chi connectivity index (χ4n) is 2.50. The molecule has 5 heteroatoms. The van der Waals surface area contributed by atoms with Crippen LogP contribution in [0, 0.1) is 5.82 Å². The summed E-state index contributed by atoms with van der Waals surface area (Å²) >= 11 is 0. The van der Waals surface area contributed by atoms with Gasteiger partial charge < -0.3 is 10.1 Å². The quantitative estimate of drug-likeness (QED) is 0.707. The van der Waals surface area contributed by atoms with Gasteiger partial charge in [0, 0.05) is 16.2 Å². The highest BCUT2D eigenvalue weighted by atomic mass is 19.1. The van der Waals surface area contributed by atoms with Gasteiger partial charge in [0.25, 0.3) is 0 Å². The van der Waals surface area contributed by atoms with E-state index in [0.717, 1.165) is 16.1 Å². The summed E-state index contributed by atoms with van der Waals surface area (Å²) in [6.07, 6.45) is 3.49. The van der Waals surface area contributed by atoms with E-state index in [1.165, 1.54) is 6.07 Å². The van der Waals surface area contributed by atoms with Crippen molar-refractivity contribution < 1.29 is 9.50 Å². The zero-order chi connectivity index (χ0) is 14.4. The van der Waals surface area contributed by atoms with E-state index in [2.05, 4.69) is 15.2 Å². The Hall–Kier alpha value is -2.95. The summed E-state index contributed by atoms with van der Waals surface area (Å²) in [5.41, 5.74) is 1.65. The second-order valence-electron chi connectivity index (χ2n) is 4.86. The zero-order valence-electron chi connectivity index (χ0n) is 10.8. The highest BCUT2D eigenvalue weighted by Crippen LogP contribution is 2.29. The topological polar surface area (TPSA) is 60.7 Å². The van der Waals surface area contributed by atoms with Gasteiger partial charge in [0.1, 0.15) is 5.82 Å². The molecule has 102 valence electrons. The Morgan fingerprint density at radius 1 is 1.19 bits per heavy atom. The third-order valence-electron chi connectivity index (χ3n) is 3.53. The molecule has 2 N–H and O–H groups in total. The lowest BCUT2D eigenvalue weighted by Crippen LogP contribution is -2.06. The zero-order valence-corrected chi connectivity index (χ0v) is 10.8. The number of H-pyrrole nitrogens is 1. The van der Waals surface area contributed by atoms with E-state index in [9.17, 15) is 9.50 Å². The predicted molar refractivity (Wildman–Crippen MR) is 78.2 cm³/mol. The van der Waals surface area contributed by atoms with Gasteiger partial charge in [-0.15, -0.1) is 0 Å². The Kier molecular flexibility index (Phi) is 2.41. The van der Waals surface area contributed by atoms with Crippen molar-refractivity contribution >= 4 is 28.9 Å². The van der Waals surface area contributed by atoms with Gasteiger partial charge in [-0.2, -0.15) is 10.2 Å². The molecule has 0 radical (unpaired) electrons. The number of rotatable bonds is 1. The van der Waals surface area contributed by atoms with Crippen LogP contribution in [0.3, 0.4) is 0 Å². The Morgan fingerprint density at radius 2 is 2.10 bits per heavy atom. The Bertz CT molecular complexity index is 1020. The number of fused-ring (bicyclic) bond motifs is 2. The number of aromatic nitrogens is 1. The second-order valence-corrected chi connectivity index (χ2v) is 4.86. The highest BCUT2D eigenvalue weighted by Gasteiger charge is 2.11. The third kappa shape index (κ3) is 1.82. The van der Waals surface area contributed by atoms with Crippen molar-refractivity contribution in [2.75, 3.05) is 0 Å². The summed E-state index contributed by atoms with van der Waals surface area (Å²) in [6, 6.07) is 10.4. The van der Waals surface area contributed by atoms with Gasteiger partial charge in [-0.05, 0) is 23.4 Å². The van der Waals surface area contributed by atoms with Crippen LogP contribution in [0.5, 0.6) is 5.88 Å². The van der Waals surface area contributed by atoms with Crippen LogP contribution in [0.25, 0.3) is 23.2 Å². The summed E-state index contributed by atoms with van der Waals surface area (Å²) < 4.78 is 13.7. The summed E-state index contributed by atoms with van der Waals surface area (Å²) in [5.74, 6) is -0.441. The molecule has 2 heterocycles. The molecule has 0 saturated carbocycles. The van der Waals surface area contributed by atoms with Crippen molar-refractivity contribution in [2.45, 2.75) is 0 Å². The van der Waals surface area contributed by atoms with E-state index >= 15 is 0 Å². The molecule has 0 aliphatic carbocycles. The molecule has 0 fully saturated rings. The molecule has 4 nitrogen and oxygen atoms in total. The number of azo groups is 1. The molecule has 0 amide bonds.